The highest BCUT2D eigenvalue weighted by atomic mass is 32.2. The molecule has 0 radical (unpaired) electrons. The first kappa shape index (κ1) is 30.7. The van der Waals surface area contributed by atoms with Gasteiger partial charge in [0.05, 0.1) is 19.3 Å². The summed E-state index contributed by atoms with van der Waals surface area (Å²) < 4.78 is 67.3. The zero-order valence-corrected chi connectivity index (χ0v) is 24.1. The number of amidine groups is 1. The molecule has 3 aliphatic rings. The molecule has 1 spiro atoms. The molecule has 1 atom stereocenters. The Morgan fingerprint density at radius 2 is 1.86 bits per heavy atom. The Hall–Kier alpha value is -2.74. The molecule has 3 N–H and O–H groups in total. The number of rotatable bonds is 9. The van der Waals surface area contributed by atoms with Crippen molar-refractivity contribution in [2.24, 2.45) is 16.8 Å². The highest BCUT2D eigenvalue weighted by molar-refractivity contribution is 7.92. The van der Waals surface area contributed by atoms with Gasteiger partial charge in [-0.15, -0.1) is 0 Å². The molecule has 1 unspecified atom stereocenters. The first-order chi connectivity index (χ1) is 19.9. The van der Waals surface area contributed by atoms with Crippen LogP contribution in [0.3, 0.4) is 0 Å². The average Bonchev–Trinajstić information content (AvgIpc) is 3.51. The van der Waals surface area contributed by atoms with Gasteiger partial charge in [-0.2, -0.15) is 17.5 Å². The van der Waals surface area contributed by atoms with E-state index in [-0.39, 0.29) is 63.2 Å². The number of nitrogens with zero attached hydrogens (tertiary/aromatic N) is 3. The molecule has 2 aliphatic heterocycles. The fourth-order valence-electron chi connectivity index (χ4n) is 6.36. The molecule has 230 valence electrons. The average molecular weight is 611 g/mol. The number of aliphatic imine (C=N–C) groups is 1. The van der Waals surface area contributed by atoms with E-state index in [4.69, 9.17) is 10.1 Å². The van der Waals surface area contributed by atoms with E-state index >= 15 is 0 Å². The van der Waals surface area contributed by atoms with Gasteiger partial charge in [-0.3, -0.25) is 9.79 Å². The number of aliphatic hydroxyl groups is 2. The SMILES string of the molecule is O=C1NC(C2CCC(CCC(F)(F)F)CC2)=NC12CCN(S(=O)(=O)C=Cc1cccc3c1ccn3CC(O)CO)CC2. The maximum Gasteiger partial charge on any atom is 0.389 e. The van der Waals surface area contributed by atoms with E-state index in [0.29, 0.717) is 37.1 Å². The van der Waals surface area contributed by atoms with Crippen molar-refractivity contribution in [2.45, 2.75) is 75.7 Å². The largest absolute Gasteiger partial charge is 0.394 e. The number of carbonyl (C=O) groups is 1. The molecule has 1 saturated heterocycles. The molecule has 3 heterocycles. The van der Waals surface area contributed by atoms with Crippen LogP contribution in [0.4, 0.5) is 13.2 Å². The lowest BCUT2D eigenvalue weighted by Gasteiger charge is -2.34. The van der Waals surface area contributed by atoms with Gasteiger partial charge in [0.15, 0.2) is 0 Å². The Balaban J connectivity index is 1.20. The van der Waals surface area contributed by atoms with Crippen molar-refractivity contribution in [1.82, 2.24) is 14.2 Å². The first-order valence-corrected chi connectivity index (χ1v) is 15.9. The number of benzene rings is 1. The van der Waals surface area contributed by atoms with Crippen molar-refractivity contribution in [1.29, 1.82) is 0 Å². The number of piperidine rings is 1. The van der Waals surface area contributed by atoms with Gasteiger partial charge in [-0.05, 0) is 74.6 Å². The third-order valence-corrected chi connectivity index (χ3v) is 10.4. The van der Waals surface area contributed by atoms with E-state index in [1.807, 2.05) is 12.1 Å². The number of aromatic nitrogens is 1. The number of amides is 1. The fraction of sp³-hybridized carbons (Fsp3) is 0.586. The molecule has 1 amide bonds. The second-order valence-electron chi connectivity index (χ2n) is 11.7. The summed E-state index contributed by atoms with van der Waals surface area (Å²) in [4.78, 5) is 17.8. The number of hydrogen-bond acceptors (Lipinski definition) is 6. The van der Waals surface area contributed by atoms with Crippen molar-refractivity contribution in [2.75, 3.05) is 19.7 Å². The topological polar surface area (TPSA) is 124 Å². The number of fused-ring (bicyclic) bond motifs is 1. The monoisotopic (exact) mass is 610 g/mol. The molecule has 42 heavy (non-hydrogen) atoms. The number of carbonyl (C=O) groups excluding carboxylic acids is 1. The Labute approximate surface area is 243 Å². The Morgan fingerprint density at radius 1 is 1.14 bits per heavy atom. The molecule has 1 aromatic carbocycles. The van der Waals surface area contributed by atoms with Crippen LogP contribution < -0.4 is 5.32 Å². The molecule has 2 fully saturated rings. The van der Waals surface area contributed by atoms with Crippen molar-refractivity contribution in [3.63, 3.8) is 0 Å². The maximum absolute atomic E-state index is 13.2. The van der Waals surface area contributed by atoms with Gasteiger partial charge < -0.3 is 20.1 Å². The second kappa shape index (κ2) is 12.1. The quantitative estimate of drug-likeness (QED) is 0.399. The summed E-state index contributed by atoms with van der Waals surface area (Å²) in [5.41, 5.74) is 0.489. The maximum atomic E-state index is 13.2. The second-order valence-corrected chi connectivity index (χ2v) is 13.5. The summed E-state index contributed by atoms with van der Waals surface area (Å²) in [5, 5.41) is 23.8. The smallest absolute Gasteiger partial charge is 0.389 e. The van der Waals surface area contributed by atoms with E-state index in [2.05, 4.69) is 5.32 Å². The summed E-state index contributed by atoms with van der Waals surface area (Å²) in [5.74, 6) is 0.399. The van der Waals surface area contributed by atoms with Gasteiger partial charge in [0.2, 0.25) is 10.0 Å². The zero-order chi connectivity index (χ0) is 30.1. The zero-order valence-electron chi connectivity index (χ0n) is 23.3. The summed E-state index contributed by atoms with van der Waals surface area (Å²) in [7, 11) is -3.77. The third kappa shape index (κ3) is 6.74. The molecule has 0 bridgehead atoms. The summed E-state index contributed by atoms with van der Waals surface area (Å²) in [6.45, 7) is 0.127. The van der Waals surface area contributed by atoms with Crippen molar-refractivity contribution in [3.8, 4) is 0 Å². The Morgan fingerprint density at radius 3 is 2.52 bits per heavy atom. The summed E-state index contributed by atoms with van der Waals surface area (Å²) >= 11 is 0. The van der Waals surface area contributed by atoms with Crippen molar-refractivity contribution < 1.29 is 36.6 Å². The van der Waals surface area contributed by atoms with Crippen LogP contribution in [0.25, 0.3) is 17.0 Å². The minimum Gasteiger partial charge on any atom is -0.394 e. The standard InChI is InChI=1S/C29H37F3N4O5S/c30-29(31,32)11-8-20-4-6-22(7-5-20)26-33-27(39)28(34-26)12-15-36(16-13-28)42(40,41)17-10-21-2-1-3-25-24(21)9-14-35(25)18-23(38)19-37/h1-3,9-10,14,17,20,22-23,37-38H,4-8,11-13,15-16,18-19H2,(H,33,34,39). The van der Waals surface area contributed by atoms with Crippen molar-refractivity contribution in [3.05, 3.63) is 41.4 Å². The number of halogens is 3. The van der Waals surface area contributed by atoms with Crippen LogP contribution in [-0.4, -0.2) is 76.8 Å². The molecule has 1 saturated carbocycles. The molecule has 1 aliphatic carbocycles. The van der Waals surface area contributed by atoms with Gasteiger partial charge in [-0.1, -0.05) is 12.1 Å². The highest BCUT2D eigenvalue weighted by Gasteiger charge is 2.48. The lowest BCUT2D eigenvalue weighted by atomic mass is 9.79. The normalized spacial score (nSPS) is 24.4. The van der Waals surface area contributed by atoms with Gasteiger partial charge in [0.1, 0.15) is 11.4 Å². The number of nitrogens with one attached hydrogen (secondary N) is 1. The van der Waals surface area contributed by atoms with Crippen LogP contribution in [0.1, 0.15) is 56.9 Å². The van der Waals surface area contributed by atoms with Crippen LogP contribution in [0.5, 0.6) is 0 Å². The van der Waals surface area contributed by atoms with Gasteiger partial charge in [-0.25, -0.2) is 8.42 Å². The molecule has 2 aromatic rings. The van der Waals surface area contributed by atoms with E-state index in [1.54, 1.807) is 29.0 Å². The molecule has 9 nitrogen and oxygen atoms in total. The molecule has 5 rings (SSSR count). The van der Waals surface area contributed by atoms with E-state index in [0.717, 1.165) is 10.9 Å². The fourth-order valence-corrected chi connectivity index (χ4v) is 7.54. The van der Waals surface area contributed by atoms with Gasteiger partial charge in [0, 0.05) is 47.9 Å². The van der Waals surface area contributed by atoms with Crippen LogP contribution in [-0.2, 0) is 21.4 Å². The minimum atomic E-state index is -4.14. The third-order valence-electron chi connectivity index (χ3n) is 8.86. The van der Waals surface area contributed by atoms with E-state index in [9.17, 15) is 31.5 Å². The number of aliphatic hydroxyl groups excluding tert-OH is 2. The highest BCUT2D eigenvalue weighted by Crippen LogP contribution is 2.38. The lowest BCUT2D eigenvalue weighted by molar-refractivity contribution is -0.138. The van der Waals surface area contributed by atoms with Crippen LogP contribution in [0, 0.1) is 11.8 Å². The number of hydrogen-bond donors (Lipinski definition) is 3. The Bertz CT molecular complexity index is 1450. The van der Waals surface area contributed by atoms with E-state index < -0.39 is 34.3 Å². The van der Waals surface area contributed by atoms with Gasteiger partial charge >= 0.3 is 6.18 Å². The predicted molar refractivity (Wildman–Crippen MR) is 153 cm³/mol. The predicted octanol–water partition coefficient (Wildman–Crippen LogP) is 3.81. The Kier molecular flexibility index (Phi) is 8.85. The first-order valence-electron chi connectivity index (χ1n) is 14.4. The number of alkyl halides is 3. The lowest BCUT2D eigenvalue weighted by Crippen LogP contribution is -2.50. The van der Waals surface area contributed by atoms with Crippen LogP contribution >= 0.6 is 0 Å². The van der Waals surface area contributed by atoms with Crippen LogP contribution in [0.15, 0.2) is 40.9 Å². The van der Waals surface area contributed by atoms with Gasteiger partial charge in [0.25, 0.3) is 5.91 Å². The number of sulfonamides is 1. The molecule has 1 aromatic heterocycles. The van der Waals surface area contributed by atoms with Crippen LogP contribution in [0.2, 0.25) is 0 Å². The summed E-state index contributed by atoms with van der Waals surface area (Å²) in [6, 6.07) is 7.29. The molecular formula is C29H37F3N4O5S. The van der Waals surface area contributed by atoms with E-state index in [1.165, 1.54) is 9.71 Å². The minimum absolute atomic E-state index is 0.00429. The summed E-state index contributed by atoms with van der Waals surface area (Å²) in [6.07, 6.45) is 0.847. The molecule has 13 heteroatoms. The van der Waals surface area contributed by atoms with Crippen molar-refractivity contribution >= 4 is 38.7 Å². The molecular weight excluding hydrogens is 573 g/mol.